The summed E-state index contributed by atoms with van der Waals surface area (Å²) in [6.07, 6.45) is 5.45. The Kier molecular flexibility index (Phi) is 12.2. The minimum absolute atomic E-state index is 0.0675. The van der Waals surface area contributed by atoms with Crippen molar-refractivity contribution in [2.24, 2.45) is 17.8 Å². The highest BCUT2D eigenvalue weighted by atomic mass is 32.1. The van der Waals surface area contributed by atoms with Crippen molar-refractivity contribution in [3.05, 3.63) is 70.0 Å². The van der Waals surface area contributed by atoms with Crippen molar-refractivity contribution >= 4 is 57.7 Å². The third kappa shape index (κ3) is 8.61. The molecule has 5 N–H and O–H groups in total. The van der Waals surface area contributed by atoms with Crippen molar-refractivity contribution in [2.45, 2.75) is 110 Å². The fourth-order valence-electron chi connectivity index (χ4n) is 8.27. The molecule has 59 heavy (non-hydrogen) atoms. The van der Waals surface area contributed by atoms with E-state index in [0.29, 0.717) is 50.2 Å². The van der Waals surface area contributed by atoms with E-state index in [1.165, 1.54) is 17.6 Å². The highest BCUT2D eigenvalue weighted by molar-refractivity contribution is 7.09. The first kappa shape index (κ1) is 41.6. The molecule has 4 aromatic rings. The van der Waals surface area contributed by atoms with Gasteiger partial charge in [0.25, 0.3) is 11.8 Å². The molecule has 6 atom stereocenters. The molecule has 2 fully saturated rings. The van der Waals surface area contributed by atoms with E-state index in [-0.39, 0.29) is 46.8 Å². The fraction of sp³-hybridized carbons (Fsp3) is 0.524. The lowest BCUT2D eigenvalue weighted by molar-refractivity contribution is -0.147. The minimum Gasteiger partial charge on any atom is -0.446 e. The second-order valence-electron chi connectivity index (χ2n) is 16.8. The largest absolute Gasteiger partial charge is 0.446 e. The number of H-pyrrole nitrogens is 1. The number of nitrogens with zero attached hydrogens (tertiary/aromatic N) is 4. The van der Waals surface area contributed by atoms with Crippen LogP contribution in [0.3, 0.4) is 0 Å². The summed E-state index contributed by atoms with van der Waals surface area (Å²) >= 11 is 1.20. The summed E-state index contributed by atoms with van der Waals surface area (Å²) in [6.45, 7) is 11.7. The van der Waals surface area contributed by atoms with E-state index in [2.05, 4.69) is 31.2 Å². The fourth-order valence-corrected chi connectivity index (χ4v) is 9.12. The molecule has 0 radical (unpaired) electrons. The van der Waals surface area contributed by atoms with Gasteiger partial charge in [-0.05, 0) is 55.1 Å². The number of hydrogen-bond acceptors (Lipinski definition) is 10. The molecule has 6 amide bonds. The van der Waals surface area contributed by atoms with Crippen molar-refractivity contribution in [1.82, 2.24) is 46.0 Å². The third-order valence-electron chi connectivity index (χ3n) is 11.6. The number of carbonyl (C=O) groups is 6. The van der Waals surface area contributed by atoms with Crippen molar-refractivity contribution in [1.29, 1.82) is 0 Å². The number of nitrogens with one attached hydrogen (secondary N) is 5. The van der Waals surface area contributed by atoms with Crippen LogP contribution in [-0.2, 0) is 25.6 Å². The number of benzene rings is 1. The number of aromatic nitrogens is 3. The first-order valence-electron chi connectivity index (χ1n) is 20.5. The van der Waals surface area contributed by atoms with E-state index in [1.807, 2.05) is 72.0 Å². The molecule has 7 rings (SSSR count). The molecule has 6 unspecified atom stereocenters. The van der Waals surface area contributed by atoms with Gasteiger partial charge in [-0.2, -0.15) is 0 Å². The average molecular weight is 828 g/mol. The molecule has 6 heterocycles. The van der Waals surface area contributed by atoms with Crippen LogP contribution in [-0.4, -0.2) is 97.5 Å². The van der Waals surface area contributed by atoms with Gasteiger partial charge in [0.2, 0.25) is 29.5 Å². The van der Waals surface area contributed by atoms with Gasteiger partial charge in [-0.15, -0.1) is 11.3 Å². The molecule has 0 aliphatic carbocycles. The van der Waals surface area contributed by atoms with Gasteiger partial charge in [-0.25, -0.2) is 9.97 Å². The topological polar surface area (TPSA) is 212 Å². The Hall–Kier alpha value is -5.58. The Bertz CT molecular complexity index is 2230. The van der Waals surface area contributed by atoms with Gasteiger partial charge >= 0.3 is 0 Å². The van der Waals surface area contributed by atoms with Crippen molar-refractivity contribution in [3.63, 3.8) is 0 Å². The van der Waals surface area contributed by atoms with Crippen LogP contribution in [0.4, 0.5) is 0 Å². The summed E-state index contributed by atoms with van der Waals surface area (Å²) in [4.78, 5) is 99.8. The Morgan fingerprint density at radius 1 is 0.729 bits per heavy atom. The Morgan fingerprint density at radius 3 is 2.08 bits per heavy atom. The number of rotatable bonds is 5. The van der Waals surface area contributed by atoms with Crippen LogP contribution in [0.5, 0.6) is 0 Å². The molecule has 4 bridgehead atoms. The van der Waals surface area contributed by atoms with Crippen molar-refractivity contribution in [3.8, 4) is 0 Å². The summed E-state index contributed by atoms with van der Waals surface area (Å²) in [5.41, 5.74) is 1.84. The molecule has 314 valence electrons. The highest BCUT2D eigenvalue weighted by Crippen LogP contribution is 2.30. The standard InChI is InChI=1S/C42H53N9O7S/c1-21(2)32-38(55)44-27(17-24-18-43-26-12-8-7-11-25(24)26)40-46-29(20-59-40)36(53)49-34(23(5)6)42(57)51-16-10-14-31(51)41(56)50-15-9-13-30(50)37(54)48-33(22(3)4)39-45-28(19-58-39)35(52)47-32/h7-8,11-12,18-23,27,30-34,43H,9-10,13-17H2,1-6H3,(H,44,55)(H,47,52)(H,48,54)(H,49,53). The van der Waals surface area contributed by atoms with Gasteiger partial charge in [0.05, 0.1) is 6.04 Å². The first-order valence-corrected chi connectivity index (χ1v) is 21.4. The lowest BCUT2D eigenvalue weighted by Gasteiger charge is -2.34. The third-order valence-corrected chi connectivity index (χ3v) is 12.5. The Morgan fingerprint density at radius 2 is 1.37 bits per heavy atom. The predicted octanol–water partition coefficient (Wildman–Crippen LogP) is 4.03. The number of oxazole rings is 1. The number of fused-ring (bicyclic) bond motifs is 7. The number of thiazole rings is 1. The molecule has 0 spiro atoms. The quantitative estimate of drug-likeness (QED) is 0.196. The molecule has 17 heteroatoms. The number of hydrogen-bond donors (Lipinski definition) is 5. The van der Waals surface area contributed by atoms with E-state index < -0.39 is 59.9 Å². The number of para-hydroxylation sites is 1. The maximum Gasteiger partial charge on any atom is 0.273 e. The average Bonchev–Trinajstić information content (AvgIpc) is 4.06. The van der Waals surface area contributed by atoms with Crippen LogP contribution in [0.1, 0.15) is 117 Å². The highest BCUT2D eigenvalue weighted by Gasteiger charge is 2.45. The zero-order chi connectivity index (χ0) is 42.1. The first-order chi connectivity index (χ1) is 28.2. The van der Waals surface area contributed by atoms with E-state index >= 15 is 0 Å². The Labute approximate surface area is 346 Å². The molecular weight excluding hydrogens is 775 g/mol. The van der Waals surface area contributed by atoms with Crippen LogP contribution < -0.4 is 21.3 Å². The molecule has 2 saturated heterocycles. The van der Waals surface area contributed by atoms with Gasteiger partial charge in [-0.3, -0.25) is 28.8 Å². The zero-order valence-electron chi connectivity index (χ0n) is 34.2. The second kappa shape index (κ2) is 17.3. The summed E-state index contributed by atoms with van der Waals surface area (Å²) in [6, 6.07) is 2.82. The molecule has 3 aliphatic rings. The van der Waals surface area contributed by atoms with Gasteiger partial charge < -0.3 is 40.5 Å². The molecular formula is C42H53N9O7S. The zero-order valence-corrected chi connectivity index (χ0v) is 35.1. The molecule has 0 saturated carbocycles. The molecule has 1 aromatic carbocycles. The van der Waals surface area contributed by atoms with Crippen LogP contribution in [0, 0.1) is 17.8 Å². The van der Waals surface area contributed by atoms with Crippen LogP contribution in [0.2, 0.25) is 0 Å². The molecule has 3 aromatic heterocycles. The normalized spacial score (nSPS) is 25.2. The van der Waals surface area contributed by atoms with E-state index in [1.54, 1.807) is 15.2 Å². The van der Waals surface area contributed by atoms with Gasteiger partial charge in [0.15, 0.2) is 5.69 Å². The van der Waals surface area contributed by atoms with E-state index in [0.717, 1.165) is 16.5 Å². The summed E-state index contributed by atoms with van der Waals surface area (Å²) in [5.74, 6) is -3.52. The van der Waals surface area contributed by atoms with Crippen molar-refractivity contribution in [2.75, 3.05) is 13.1 Å². The van der Waals surface area contributed by atoms with E-state index in [4.69, 9.17) is 9.40 Å². The number of amides is 6. The summed E-state index contributed by atoms with van der Waals surface area (Å²) < 4.78 is 5.79. The molecule has 16 nitrogen and oxygen atoms in total. The smallest absolute Gasteiger partial charge is 0.273 e. The van der Waals surface area contributed by atoms with Crippen molar-refractivity contribution < 1.29 is 33.2 Å². The Balaban J connectivity index is 1.25. The van der Waals surface area contributed by atoms with Crippen LogP contribution in [0.15, 0.2) is 46.5 Å². The number of carbonyl (C=O) groups excluding carboxylic acids is 6. The monoisotopic (exact) mass is 827 g/mol. The van der Waals surface area contributed by atoms with Gasteiger partial charge in [0, 0.05) is 42.0 Å². The number of aromatic amines is 1. The summed E-state index contributed by atoms with van der Waals surface area (Å²) in [7, 11) is 0. The maximum absolute atomic E-state index is 14.3. The van der Waals surface area contributed by atoms with Crippen LogP contribution >= 0.6 is 11.3 Å². The SMILES string of the molecule is CC(C)C1NC(=O)c2coc(n2)C(C(C)C)NC(=O)C2CCCN2C(=O)C2CCCN2C(=O)C(C(C)C)NC(=O)c2csc(n2)C(Cc2c[nH]c3ccccc23)NC1=O. The van der Waals surface area contributed by atoms with Crippen LogP contribution in [0.25, 0.3) is 10.9 Å². The summed E-state index contributed by atoms with van der Waals surface area (Å²) in [5, 5.41) is 14.9. The second-order valence-corrected chi connectivity index (χ2v) is 17.7. The van der Waals surface area contributed by atoms with Gasteiger partial charge in [0.1, 0.15) is 47.2 Å². The lowest BCUT2D eigenvalue weighted by Crippen LogP contribution is -2.57. The van der Waals surface area contributed by atoms with E-state index in [9.17, 15) is 28.8 Å². The van der Waals surface area contributed by atoms with Gasteiger partial charge in [-0.1, -0.05) is 59.7 Å². The lowest BCUT2D eigenvalue weighted by atomic mass is 10.0. The minimum atomic E-state index is -1.000. The molecule has 3 aliphatic heterocycles. The maximum atomic E-state index is 14.3. The predicted molar refractivity (Wildman–Crippen MR) is 219 cm³/mol.